The molecule has 0 saturated carbocycles. The first-order valence-corrected chi connectivity index (χ1v) is 5.38. The van der Waals surface area contributed by atoms with Gasteiger partial charge in [0.2, 0.25) is 0 Å². The predicted molar refractivity (Wildman–Crippen MR) is 60.0 cm³/mol. The fraction of sp³-hybridized carbons (Fsp3) is 0.364. The molecule has 1 aromatic carbocycles. The molecule has 0 amide bonds. The second-order valence-electron chi connectivity index (χ2n) is 4.42. The van der Waals surface area contributed by atoms with Gasteiger partial charge in [0.05, 0.1) is 15.2 Å². The standard InChI is InChI=1S/C11H13NOS/c1-11(2,3)10-12-8-6-7(13)4-5-9(8)14-10/h4-6,13H,1-3H3. The number of benzene rings is 1. The van der Waals surface area contributed by atoms with Crippen molar-refractivity contribution >= 4 is 21.6 Å². The number of phenolic OH excluding ortho intramolecular Hbond substituents is 1. The molecule has 0 atom stereocenters. The maximum Gasteiger partial charge on any atom is 0.117 e. The molecule has 0 bridgehead atoms. The number of nitrogens with zero attached hydrogens (tertiary/aromatic N) is 1. The van der Waals surface area contributed by atoms with Gasteiger partial charge in [0.15, 0.2) is 0 Å². The number of rotatable bonds is 0. The minimum absolute atomic E-state index is 0.0826. The van der Waals surface area contributed by atoms with Crippen LogP contribution in [0.2, 0.25) is 0 Å². The first-order valence-electron chi connectivity index (χ1n) is 4.57. The lowest BCUT2D eigenvalue weighted by atomic mass is 9.98. The van der Waals surface area contributed by atoms with E-state index in [0.717, 1.165) is 15.2 Å². The minimum atomic E-state index is 0.0826. The molecule has 2 rings (SSSR count). The van der Waals surface area contributed by atoms with Crippen LogP contribution >= 0.6 is 11.3 Å². The Morgan fingerprint density at radius 1 is 1.29 bits per heavy atom. The molecule has 1 N–H and O–H groups in total. The number of aromatic nitrogens is 1. The van der Waals surface area contributed by atoms with Crippen molar-refractivity contribution in [3.05, 3.63) is 23.2 Å². The van der Waals surface area contributed by atoms with Crippen LogP contribution in [0.5, 0.6) is 5.75 Å². The molecular formula is C11H13NOS. The highest BCUT2D eigenvalue weighted by molar-refractivity contribution is 7.18. The second-order valence-corrected chi connectivity index (χ2v) is 5.45. The summed E-state index contributed by atoms with van der Waals surface area (Å²) in [4.78, 5) is 4.50. The summed E-state index contributed by atoms with van der Waals surface area (Å²) in [6.07, 6.45) is 0. The summed E-state index contributed by atoms with van der Waals surface area (Å²) < 4.78 is 1.13. The van der Waals surface area contributed by atoms with Crippen molar-refractivity contribution in [3.8, 4) is 5.75 Å². The Kier molecular flexibility index (Phi) is 2.00. The Balaban J connectivity index is 2.63. The van der Waals surface area contributed by atoms with Crippen molar-refractivity contribution in [2.75, 3.05) is 0 Å². The van der Waals surface area contributed by atoms with E-state index in [2.05, 4.69) is 25.8 Å². The number of thiazole rings is 1. The average Bonchev–Trinajstić information content (AvgIpc) is 2.45. The van der Waals surface area contributed by atoms with Crippen molar-refractivity contribution in [3.63, 3.8) is 0 Å². The highest BCUT2D eigenvalue weighted by atomic mass is 32.1. The van der Waals surface area contributed by atoms with E-state index < -0.39 is 0 Å². The number of hydrogen-bond acceptors (Lipinski definition) is 3. The molecule has 3 heteroatoms. The molecule has 0 unspecified atom stereocenters. The van der Waals surface area contributed by atoms with Gasteiger partial charge in [0.1, 0.15) is 5.75 Å². The molecule has 2 nitrogen and oxygen atoms in total. The molecule has 1 aromatic heterocycles. The van der Waals surface area contributed by atoms with Gasteiger partial charge < -0.3 is 5.11 Å². The van der Waals surface area contributed by atoms with E-state index in [9.17, 15) is 5.11 Å². The molecule has 0 aliphatic carbocycles. The number of phenols is 1. The SMILES string of the molecule is CC(C)(C)c1nc2cc(O)ccc2s1. The zero-order valence-corrected chi connectivity index (χ0v) is 9.35. The lowest BCUT2D eigenvalue weighted by Gasteiger charge is -2.13. The normalized spacial score (nSPS) is 12.2. The van der Waals surface area contributed by atoms with E-state index in [1.807, 2.05) is 6.07 Å². The summed E-state index contributed by atoms with van der Waals surface area (Å²) in [5, 5.41) is 10.4. The first-order chi connectivity index (χ1) is 6.47. The van der Waals surface area contributed by atoms with Gasteiger partial charge in [-0.25, -0.2) is 4.98 Å². The largest absolute Gasteiger partial charge is 0.508 e. The molecule has 1 heterocycles. The van der Waals surface area contributed by atoms with Gasteiger partial charge in [-0.3, -0.25) is 0 Å². The molecule has 0 spiro atoms. The molecular weight excluding hydrogens is 194 g/mol. The Morgan fingerprint density at radius 2 is 2.00 bits per heavy atom. The van der Waals surface area contributed by atoms with Crippen molar-refractivity contribution in [2.45, 2.75) is 26.2 Å². The summed E-state index contributed by atoms with van der Waals surface area (Å²) in [6.45, 7) is 6.43. The molecule has 0 aliphatic heterocycles. The van der Waals surface area contributed by atoms with Crippen LogP contribution in [-0.2, 0) is 5.41 Å². The van der Waals surface area contributed by atoms with Crippen molar-refractivity contribution in [1.29, 1.82) is 0 Å². The van der Waals surface area contributed by atoms with Crippen LogP contribution in [0.3, 0.4) is 0 Å². The highest BCUT2D eigenvalue weighted by Gasteiger charge is 2.18. The molecule has 0 radical (unpaired) electrons. The van der Waals surface area contributed by atoms with E-state index in [-0.39, 0.29) is 11.2 Å². The maximum atomic E-state index is 9.31. The number of hydrogen-bond donors (Lipinski definition) is 1. The summed E-state index contributed by atoms with van der Waals surface area (Å²) in [5.74, 6) is 0.281. The van der Waals surface area contributed by atoms with Crippen molar-refractivity contribution in [2.24, 2.45) is 0 Å². The molecule has 14 heavy (non-hydrogen) atoms. The van der Waals surface area contributed by atoms with Crippen molar-refractivity contribution < 1.29 is 5.11 Å². The molecule has 0 saturated heterocycles. The summed E-state index contributed by atoms with van der Waals surface area (Å²) >= 11 is 1.69. The van der Waals surface area contributed by atoms with E-state index in [4.69, 9.17) is 0 Å². The topological polar surface area (TPSA) is 33.1 Å². The lowest BCUT2D eigenvalue weighted by Crippen LogP contribution is -2.09. The van der Waals surface area contributed by atoms with E-state index >= 15 is 0 Å². The summed E-state index contributed by atoms with van der Waals surface area (Å²) in [6, 6.07) is 5.32. The Labute approximate surface area is 87.2 Å². The van der Waals surface area contributed by atoms with Gasteiger partial charge >= 0.3 is 0 Å². The van der Waals surface area contributed by atoms with Gasteiger partial charge in [-0.1, -0.05) is 20.8 Å². The van der Waals surface area contributed by atoms with Gasteiger partial charge in [-0.2, -0.15) is 0 Å². The van der Waals surface area contributed by atoms with Gasteiger partial charge in [-0.05, 0) is 12.1 Å². The highest BCUT2D eigenvalue weighted by Crippen LogP contribution is 2.32. The smallest absolute Gasteiger partial charge is 0.117 e. The van der Waals surface area contributed by atoms with Crippen LogP contribution < -0.4 is 0 Å². The molecule has 0 fully saturated rings. The summed E-state index contributed by atoms with van der Waals surface area (Å²) in [7, 11) is 0. The first kappa shape index (κ1) is 9.46. The second kappa shape index (κ2) is 2.95. The van der Waals surface area contributed by atoms with Crippen LogP contribution in [0, 0.1) is 0 Å². The number of aromatic hydroxyl groups is 1. The monoisotopic (exact) mass is 207 g/mol. The molecule has 74 valence electrons. The third kappa shape index (κ3) is 1.60. The fourth-order valence-electron chi connectivity index (χ4n) is 1.24. The Morgan fingerprint density at radius 3 is 2.64 bits per heavy atom. The quantitative estimate of drug-likeness (QED) is 0.719. The van der Waals surface area contributed by atoms with Crippen LogP contribution in [0.15, 0.2) is 18.2 Å². The molecule has 0 aliphatic rings. The fourth-order valence-corrected chi connectivity index (χ4v) is 2.24. The van der Waals surface area contributed by atoms with Crippen LogP contribution in [0.1, 0.15) is 25.8 Å². The minimum Gasteiger partial charge on any atom is -0.508 e. The van der Waals surface area contributed by atoms with Gasteiger partial charge in [-0.15, -0.1) is 11.3 Å². The van der Waals surface area contributed by atoms with Crippen LogP contribution in [-0.4, -0.2) is 10.1 Å². The van der Waals surface area contributed by atoms with E-state index in [1.54, 1.807) is 23.5 Å². The van der Waals surface area contributed by atoms with Gasteiger partial charge in [0, 0.05) is 11.5 Å². The average molecular weight is 207 g/mol. The van der Waals surface area contributed by atoms with Crippen molar-refractivity contribution in [1.82, 2.24) is 4.98 Å². The number of fused-ring (bicyclic) bond motifs is 1. The zero-order valence-electron chi connectivity index (χ0n) is 8.53. The lowest BCUT2D eigenvalue weighted by molar-refractivity contribution is 0.476. The third-order valence-electron chi connectivity index (χ3n) is 2.01. The van der Waals surface area contributed by atoms with E-state index in [0.29, 0.717) is 0 Å². The van der Waals surface area contributed by atoms with Gasteiger partial charge in [0.25, 0.3) is 0 Å². The predicted octanol–water partition coefficient (Wildman–Crippen LogP) is 3.30. The van der Waals surface area contributed by atoms with Crippen LogP contribution in [0.4, 0.5) is 0 Å². The summed E-state index contributed by atoms with van der Waals surface area (Å²) in [5.41, 5.74) is 0.971. The Bertz CT molecular complexity index is 468. The Hall–Kier alpha value is -1.09. The molecule has 2 aromatic rings. The third-order valence-corrected chi connectivity index (χ3v) is 3.47. The van der Waals surface area contributed by atoms with Crippen LogP contribution in [0.25, 0.3) is 10.2 Å². The van der Waals surface area contributed by atoms with E-state index in [1.165, 1.54) is 0 Å². The zero-order chi connectivity index (χ0) is 10.3. The maximum absolute atomic E-state index is 9.31.